The number of rotatable bonds is 5. The second-order valence-corrected chi connectivity index (χ2v) is 10.8. The van der Waals surface area contributed by atoms with E-state index in [0.717, 1.165) is 5.56 Å². The summed E-state index contributed by atoms with van der Waals surface area (Å²) < 4.78 is 32.6. The maximum atomic E-state index is 14.0. The second-order valence-electron chi connectivity index (χ2n) is 8.89. The van der Waals surface area contributed by atoms with E-state index in [9.17, 15) is 13.2 Å². The Balaban J connectivity index is 1.72. The zero-order chi connectivity index (χ0) is 26.4. The van der Waals surface area contributed by atoms with Crippen LogP contribution in [0.1, 0.15) is 5.69 Å². The predicted octanol–water partition coefficient (Wildman–Crippen LogP) is 4.69. The van der Waals surface area contributed by atoms with Gasteiger partial charge in [-0.15, -0.1) is 0 Å². The molecule has 0 saturated heterocycles. The maximum absolute atomic E-state index is 14.0. The quantitative estimate of drug-likeness (QED) is 0.328. The normalized spacial score (nSPS) is 11.7. The minimum atomic E-state index is -4.05. The number of nitrogens with zero attached hydrogens (tertiary/aromatic N) is 5. The molecule has 3 heterocycles. The number of para-hydroxylation sites is 1. The molecule has 9 heteroatoms. The molecule has 3 aromatic carbocycles. The molecule has 0 spiro atoms. The standard InChI is InChI=1S/C29H23N5O3S/c1-20-27(29(35)34(32(20)2)22-14-8-4-9-15-22)28-25(38(36,37)23-16-10-5-11-17-23)19-30-26-18-24(31-33(26)28)21-12-6-3-7-13-21/h3-19H,1-2H3. The van der Waals surface area contributed by atoms with Crippen LogP contribution in [0.4, 0.5) is 0 Å². The third-order valence-electron chi connectivity index (χ3n) is 6.65. The fraction of sp³-hybridized carbons (Fsp3) is 0.0690. The summed E-state index contributed by atoms with van der Waals surface area (Å²) in [6.07, 6.45) is 1.32. The fourth-order valence-corrected chi connectivity index (χ4v) is 6.07. The first-order chi connectivity index (χ1) is 18.4. The molecule has 0 radical (unpaired) electrons. The van der Waals surface area contributed by atoms with Gasteiger partial charge in [-0.3, -0.25) is 9.48 Å². The average Bonchev–Trinajstić information content (AvgIpc) is 3.48. The lowest BCUT2D eigenvalue weighted by atomic mass is 10.1. The molecule has 0 saturated carbocycles. The van der Waals surface area contributed by atoms with Gasteiger partial charge >= 0.3 is 0 Å². The van der Waals surface area contributed by atoms with E-state index in [1.54, 1.807) is 42.9 Å². The van der Waals surface area contributed by atoms with Crippen LogP contribution < -0.4 is 5.56 Å². The number of benzene rings is 3. The van der Waals surface area contributed by atoms with Gasteiger partial charge in [-0.25, -0.2) is 22.6 Å². The molecule has 0 amide bonds. The lowest BCUT2D eigenvalue weighted by Gasteiger charge is -2.11. The van der Waals surface area contributed by atoms with Crippen LogP contribution in [0.3, 0.4) is 0 Å². The predicted molar refractivity (Wildman–Crippen MR) is 145 cm³/mol. The van der Waals surface area contributed by atoms with Gasteiger partial charge < -0.3 is 0 Å². The Morgan fingerprint density at radius 3 is 2.08 bits per heavy atom. The van der Waals surface area contributed by atoms with Crippen LogP contribution in [0.25, 0.3) is 33.8 Å². The molecule has 0 aliphatic heterocycles. The van der Waals surface area contributed by atoms with Gasteiger partial charge in [-0.05, 0) is 31.2 Å². The van der Waals surface area contributed by atoms with Gasteiger partial charge in [-0.2, -0.15) is 5.10 Å². The number of sulfone groups is 1. The minimum Gasteiger partial charge on any atom is -0.285 e. The van der Waals surface area contributed by atoms with Gasteiger partial charge in [0, 0.05) is 24.4 Å². The molecule has 3 aromatic heterocycles. The summed E-state index contributed by atoms with van der Waals surface area (Å²) in [5.74, 6) is 0. The Hall–Kier alpha value is -4.76. The van der Waals surface area contributed by atoms with E-state index in [-0.39, 0.29) is 26.6 Å². The molecular weight excluding hydrogens is 498 g/mol. The third-order valence-corrected chi connectivity index (χ3v) is 8.42. The first kappa shape index (κ1) is 23.6. The Labute approximate surface area is 219 Å². The fourth-order valence-electron chi connectivity index (χ4n) is 4.66. The topological polar surface area (TPSA) is 91.3 Å². The van der Waals surface area contributed by atoms with E-state index >= 15 is 0 Å². The Bertz CT molecular complexity index is 1960. The highest BCUT2D eigenvalue weighted by atomic mass is 32.2. The molecule has 0 aliphatic carbocycles. The van der Waals surface area contributed by atoms with E-state index in [1.165, 1.54) is 27.5 Å². The van der Waals surface area contributed by atoms with Crippen molar-refractivity contribution in [1.29, 1.82) is 0 Å². The maximum Gasteiger partial charge on any atom is 0.281 e. The minimum absolute atomic E-state index is 0.0927. The number of hydrogen-bond donors (Lipinski definition) is 0. The van der Waals surface area contributed by atoms with Crippen LogP contribution in [0.5, 0.6) is 0 Å². The van der Waals surface area contributed by atoms with Crippen molar-refractivity contribution >= 4 is 15.5 Å². The van der Waals surface area contributed by atoms with Crippen molar-refractivity contribution in [1.82, 2.24) is 24.0 Å². The van der Waals surface area contributed by atoms with Crippen molar-refractivity contribution in [3.63, 3.8) is 0 Å². The largest absolute Gasteiger partial charge is 0.285 e. The summed E-state index contributed by atoms with van der Waals surface area (Å²) in [6.45, 7) is 1.79. The second kappa shape index (κ2) is 8.97. The van der Waals surface area contributed by atoms with Crippen molar-refractivity contribution in [3.05, 3.63) is 119 Å². The molecular formula is C29H23N5O3S. The Morgan fingerprint density at radius 2 is 1.42 bits per heavy atom. The van der Waals surface area contributed by atoms with Gasteiger partial charge in [0.05, 0.1) is 28.0 Å². The molecule has 38 heavy (non-hydrogen) atoms. The molecule has 8 nitrogen and oxygen atoms in total. The van der Waals surface area contributed by atoms with Crippen LogP contribution in [0.2, 0.25) is 0 Å². The van der Waals surface area contributed by atoms with Gasteiger partial charge in [-0.1, -0.05) is 66.7 Å². The molecule has 188 valence electrons. The van der Waals surface area contributed by atoms with Crippen LogP contribution >= 0.6 is 0 Å². The molecule has 0 unspecified atom stereocenters. The summed E-state index contributed by atoms with van der Waals surface area (Å²) in [7, 11) is -2.27. The van der Waals surface area contributed by atoms with E-state index in [0.29, 0.717) is 22.7 Å². The van der Waals surface area contributed by atoms with E-state index in [2.05, 4.69) is 4.98 Å². The van der Waals surface area contributed by atoms with E-state index in [4.69, 9.17) is 5.10 Å². The zero-order valence-corrected chi connectivity index (χ0v) is 21.5. The molecule has 6 rings (SSSR count). The summed E-state index contributed by atoms with van der Waals surface area (Å²) >= 11 is 0. The van der Waals surface area contributed by atoms with Gasteiger partial charge in [0.1, 0.15) is 10.6 Å². The SMILES string of the molecule is Cc1c(-c2c(S(=O)(=O)c3ccccc3)cnc3cc(-c4ccccc4)nn23)c(=O)n(-c2ccccc2)n1C. The van der Waals surface area contributed by atoms with Crippen molar-refractivity contribution in [2.45, 2.75) is 16.7 Å². The molecule has 6 aromatic rings. The number of fused-ring (bicyclic) bond motifs is 1. The third kappa shape index (κ3) is 3.67. The van der Waals surface area contributed by atoms with Crippen LogP contribution in [0, 0.1) is 6.92 Å². The Kier molecular flexibility index (Phi) is 5.57. The van der Waals surface area contributed by atoms with Crippen molar-refractivity contribution in [2.24, 2.45) is 7.05 Å². The summed E-state index contributed by atoms with van der Waals surface area (Å²) in [5.41, 5.74) is 3.21. The first-order valence-corrected chi connectivity index (χ1v) is 13.4. The van der Waals surface area contributed by atoms with Crippen LogP contribution in [-0.4, -0.2) is 32.4 Å². The zero-order valence-electron chi connectivity index (χ0n) is 20.7. The van der Waals surface area contributed by atoms with Gasteiger partial charge in [0.15, 0.2) is 5.65 Å². The molecule has 0 bridgehead atoms. The average molecular weight is 522 g/mol. The smallest absolute Gasteiger partial charge is 0.281 e. The van der Waals surface area contributed by atoms with Gasteiger partial charge in [0.25, 0.3) is 5.56 Å². The van der Waals surface area contributed by atoms with E-state index in [1.807, 2.05) is 60.7 Å². The number of hydrogen-bond acceptors (Lipinski definition) is 5. The lowest BCUT2D eigenvalue weighted by molar-refractivity contribution is 0.595. The summed E-state index contributed by atoms with van der Waals surface area (Å²) in [5, 5.41) is 4.75. The molecule has 0 N–H and O–H groups in total. The molecule has 0 atom stereocenters. The number of aromatic nitrogens is 5. The highest BCUT2D eigenvalue weighted by Gasteiger charge is 2.30. The van der Waals surface area contributed by atoms with Crippen molar-refractivity contribution < 1.29 is 8.42 Å². The van der Waals surface area contributed by atoms with E-state index < -0.39 is 9.84 Å². The highest BCUT2D eigenvalue weighted by molar-refractivity contribution is 7.91. The molecule has 0 aliphatic rings. The Morgan fingerprint density at radius 1 is 0.816 bits per heavy atom. The van der Waals surface area contributed by atoms with Gasteiger partial charge in [0.2, 0.25) is 9.84 Å². The lowest BCUT2D eigenvalue weighted by Crippen LogP contribution is -2.21. The highest BCUT2D eigenvalue weighted by Crippen LogP contribution is 2.33. The molecule has 0 fully saturated rings. The summed E-state index contributed by atoms with van der Waals surface area (Å²) in [4.78, 5) is 18.5. The monoisotopic (exact) mass is 521 g/mol. The van der Waals surface area contributed by atoms with Crippen LogP contribution in [-0.2, 0) is 16.9 Å². The first-order valence-electron chi connectivity index (χ1n) is 12.0. The van der Waals surface area contributed by atoms with Crippen molar-refractivity contribution in [2.75, 3.05) is 0 Å². The van der Waals surface area contributed by atoms with Crippen LogP contribution in [0.15, 0.2) is 118 Å². The van der Waals surface area contributed by atoms with Crippen molar-refractivity contribution in [3.8, 4) is 28.2 Å². The summed E-state index contributed by atoms with van der Waals surface area (Å²) in [6, 6.07) is 28.7.